The fourth-order valence-corrected chi connectivity index (χ4v) is 0.701. The lowest BCUT2D eigenvalue weighted by Gasteiger charge is -2.26. The second-order valence-electron chi connectivity index (χ2n) is 1.93. The molecule has 0 bridgehead atoms. The second-order valence-corrected chi connectivity index (χ2v) is 1.93. The number of hydrogen-bond donors (Lipinski definition) is 0. The normalized spacial score (nSPS) is 16.5. The zero-order valence-corrected chi connectivity index (χ0v) is 6.99. The zero-order chi connectivity index (χ0) is 8.91. The summed E-state index contributed by atoms with van der Waals surface area (Å²) in [5.41, 5.74) is 0. The Morgan fingerprint density at radius 2 is 1.82 bits per heavy atom. The Morgan fingerprint density at radius 1 is 1.36 bits per heavy atom. The van der Waals surface area contributed by atoms with Gasteiger partial charge in [0.25, 0.3) is 5.79 Å². The average molecular weight is 161 g/mol. The minimum atomic E-state index is -1.83. The Labute approximate surface area is 66.4 Å². The van der Waals surface area contributed by atoms with Crippen molar-refractivity contribution in [2.24, 2.45) is 0 Å². The third kappa shape index (κ3) is 2.27. The van der Waals surface area contributed by atoms with Crippen molar-refractivity contribution in [3.8, 4) is 0 Å². The fourth-order valence-electron chi connectivity index (χ4n) is 0.701. The van der Waals surface area contributed by atoms with Crippen LogP contribution in [0, 0.1) is 0 Å². The average Bonchev–Trinajstić information content (AvgIpc) is 2.06. The van der Waals surface area contributed by atoms with Gasteiger partial charge in [0.15, 0.2) is 0 Å². The summed E-state index contributed by atoms with van der Waals surface area (Å²) >= 11 is 0. The Morgan fingerprint density at radius 3 is 1.91 bits per heavy atom. The van der Waals surface area contributed by atoms with E-state index in [2.05, 4.69) is 11.3 Å². The maximum Gasteiger partial charge on any atom is 0.271 e. The minimum absolute atomic E-state index is 0.968. The molecule has 0 heterocycles. The van der Waals surface area contributed by atoms with Crippen molar-refractivity contribution in [2.75, 3.05) is 21.3 Å². The van der Waals surface area contributed by atoms with Crippen molar-refractivity contribution in [1.82, 2.24) is 0 Å². The van der Waals surface area contributed by atoms with Crippen molar-refractivity contribution in [2.45, 2.75) is 12.1 Å². The van der Waals surface area contributed by atoms with Crippen LogP contribution in [0.25, 0.3) is 0 Å². The van der Waals surface area contributed by atoms with Gasteiger partial charge in [-0.15, -0.1) is 0 Å². The third-order valence-electron chi connectivity index (χ3n) is 1.36. The molecule has 11 heavy (non-hydrogen) atoms. The highest BCUT2D eigenvalue weighted by molar-refractivity contribution is 4.90. The molecule has 0 rings (SSSR count). The lowest BCUT2D eigenvalue weighted by molar-refractivity contribution is -0.314. The van der Waals surface area contributed by atoms with E-state index in [0.29, 0.717) is 0 Å². The van der Waals surface area contributed by atoms with E-state index >= 15 is 0 Å². The molecule has 0 aromatic heterocycles. The van der Waals surface area contributed by atoms with E-state index in [1.54, 1.807) is 0 Å². The number of methoxy groups -OCH3 is 3. The molecular weight excluding hydrogens is 148 g/mol. The molecule has 4 heteroatoms. The summed E-state index contributed by atoms with van der Waals surface area (Å²) in [4.78, 5) is 0. The van der Waals surface area contributed by atoms with E-state index in [1.807, 2.05) is 0 Å². The van der Waals surface area contributed by atoms with Gasteiger partial charge in [0.2, 0.25) is 6.29 Å². The first-order valence-corrected chi connectivity index (χ1v) is 3.09. The van der Waals surface area contributed by atoms with Gasteiger partial charge in [0, 0.05) is 21.3 Å². The minimum Gasteiger partial charge on any atom is -0.351 e. The Bertz CT molecular complexity index is 122. The van der Waals surface area contributed by atoms with Crippen LogP contribution in [0.5, 0.6) is 0 Å². The molecule has 1 atom stereocenters. The van der Waals surface area contributed by atoms with Gasteiger partial charge in [-0.1, -0.05) is 6.58 Å². The molecule has 0 aliphatic carbocycles. The van der Waals surface area contributed by atoms with Gasteiger partial charge in [-0.2, -0.15) is 5.11 Å². The van der Waals surface area contributed by atoms with Crippen molar-refractivity contribution >= 4 is 0 Å². The monoisotopic (exact) mass is 161 g/mol. The predicted molar refractivity (Wildman–Crippen MR) is 38.4 cm³/mol. The highest BCUT2D eigenvalue weighted by Crippen LogP contribution is 2.16. The molecular formula is C7H13O4. The molecule has 0 aliphatic rings. The highest BCUT2D eigenvalue weighted by atomic mass is 16.7. The first-order valence-electron chi connectivity index (χ1n) is 3.09. The van der Waals surface area contributed by atoms with Crippen molar-refractivity contribution in [3.63, 3.8) is 0 Å². The Hall–Kier alpha value is -0.420. The van der Waals surface area contributed by atoms with Gasteiger partial charge >= 0.3 is 0 Å². The van der Waals surface area contributed by atoms with Crippen LogP contribution >= 0.6 is 0 Å². The maximum absolute atomic E-state index is 11.4. The van der Waals surface area contributed by atoms with Gasteiger partial charge in [-0.25, -0.2) is 0 Å². The maximum atomic E-state index is 11.4. The quantitative estimate of drug-likeness (QED) is 0.437. The summed E-state index contributed by atoms with van der Waals surface area (Å²) in [5.74, 6) is -1.83. The van der Waals surface area contributed by atoms with E-state index in [9.17, 15) is 5.11 Å². The lowest BCUT2D eigenvalue weighted by Crippen LogP contribution is -2.43. The fraction of sp³-hybridized carbons (Fsp3) is 0.714. The van der Waals surface area contributed by atoms with Crippen LogP contribution in [0.15, 0.2) is 12.7 Å². The molecule has 0 fully saturated rings. The van der Waals surface area contributed by atoms with Gasteiger partial charge in [-0.05, 0) is 6.08 Å². The summed E-state index contributed by atoms with van der Waals surface area (Å²) in [6, 6.07) is 0. The number of rotatable bonds is 5. The Balaban J connectivity index is 4.31. The van der Waals surface area contributed by atoms with E-state index in [4.69, 9.17) is 9.47 Å². The highest BCUT2D eigenvalue weighted by Gasteiger charge is 2.36. The van der Waals surface area contributed by atoms with Crippen LogP contribution < -0.4 is 0 Å². The summed E-state index contributed by atoms with van der Waals surface area (Å²) in [6.07, 6.45) is 0.134. The molecule has 0 N–H and O–H groups in total. The molecule has 0 aromatic carbocycles. The summed E-state index contributed by atoms with van der Waals surface area (Å²) in [6.45, 7) is 3.32. The first kappa shape index (κ1) is 10.6. The van der Waals surface area contributed by atoms with Gasteiger partial charge in [0.1, 0.15) is 0 Å². The van der Waals surface area contributed by atoms with Gasteiger partial charge in [-0.3, -0.25) is 0 Å². The standard InChI is InChI=1S/C7H13O4/c1-5-7(8,11-4)6(9-2)10-3/h5-6H,1H2,2-4H3. The van der Waals surface area contributed by atoms with Gasteiger partial charge < -0.3 is 14.2 Å². The van der Waals surface area contributed by atoms with Crippen molar-refractivity contribution in [1.29, 1.82) is 0 Å². The van der Waals surface area contributed by atoms with Gasteiger partial charge in [0.05, 0.1) is 0 Å². The molecule has 0 aromatic rings. The second kappa shape index (κ2) is 4.46. The van der Waals surface area contributed by atoms with Crippen molar-refractivity contribution in [3.05, 3.63) is 12.7 Å². The topological polar surface area (TPSA) is 47.6 Å². The lowest BCUT2D eigenvalue weighted by atomic mass is 10.2. The van der Waals surface area contributed by atoms with E-state index < -0.39 is 12.1 Å². The molecule has 0 spiro atoms. The van der Waals surface area contributed by atoms with Crippen LogP contribution in [-0.4, -0.2) is 33.4 Å². The van der Waals surface area contributed by atoms with Crippen LogP contribution in [0.2, 0.25) is 0 Å². The van der Waals surface area contributed by atoms with E-state index in [1.165, 1.54) is 21.3 Å². The van der Waals surface area contributed by atoms with Crippen LogP contribution in [0.1, 0.15) is 0 Å². The molecule has 0 saturated heterocycles. The molecule has 0 aliphatic heterocycles. The van der Waals surface area contributed by atoms with Crippen LogP contribution in [-0.2, 0) is 19.3 Å². The SMILES string of the molecule is C=CC([O])(OC)C(OC)OC. The third-order valence-corrected chi connectivity index (χ3v) is 1.36. The van der Waals surface area contributed by atoms with Crippen molar-refractivity contribution < 1.29 is 19.3 Å². The predicted octanol–water partition coefficient (Wildman–Crippen LogP) is 0.565. The molecule has 4 nitrogen and oxygen atoms in total. The van der Waals surface area contributed by atoms with Crippen LogP contribution in [0.4, 0.5) is 0 Å². The zero-order valence-electron chi connectivity index (χ0n) is 6.99. The summed E-state index contributed by atoms with van der Waals surface area (Å²) in [5, 5.41) is 11.4. The molecule has 1 unspecified atom stereocenters. The van der Waals surface area contributed by atoms with E-state index in [-0.39, 0.29) is 0 Å². The van der Waals surface area contributed by atoms with E-state index in [0.717, 1.165) is 6.08 Å². The first-order chi connectivity index (χ1) is 5.14. The molecule has 1 radical (unpaired) electrons. The van der Waals surface area contributed by atoms with Crippen LogP contribution in [0.3, 0.4) is 0 Å². The summed E-state index contributed by atoms with van der Waals surface area (Å²) in [7, 11) is 4.01. The number of ether oxygens (including phenoxy) is 3. The molecule has 0 amide bonds. The largest absolute Gasteiger partial charge is 0.351 e. The summed E-state index contributed by atoms with van der Waals surface area (Å²) < 4.78 is 14.0. The number of hydrogen-bond acceptors (Lipinski definition) is 3. The Kier molecular flexibility index (Phi) is 4.29. The molecule has 0 saturated carbocycles. The smallest absolute Gasteiger partial charge is 0.271 e. The molecule has 65 valence electrons.